The Morgan fingerprint density at radius 1 is 1.17 bits per heavy atom. The number of rotatable bonds is 2. The molecule has 18 heavy (non-hydrogen) atoms. The summed E-state index contributed by atoms with van der Waals surface area (Å²) < 4.78 is 15.5. The van der Waals surface area contributed by atoms with Crippen LogP contribution in [-0.4, -0.2) is 14.5 Å². The van der Waals surface area contributed by atoms with Gasteiger partial charge in [-0.25, -0.2) is 14.4 Å². The van der Waals surface area contributed by atoms with E-state index in [1.165, 1.54) is 12.4 Å². The van der Waals surface area contributed by atoms with Crippen molar-refractivity contribution in [3.63, 3.8) is 0 Å². The lowest BCUT2D eigenvalue weighted by molar-refractivity contribution is 0.632. The van der Waals surface area contributed by atoms with E-state index in [9.17, 15) is 4.39 Å². The van der Waals surface area contributed by atoms with Crippen LogP contribution < -0.4 is 5.32 Å². The molecule has 2 heterocycles. The van der Waals surface area contributed by atoms with Crippen molar-refractivity contribution in [2.45, 2.75) is 0 Å². The number of aromatic nitrogens is 3. The highest BCUT2D eigenvalue weighted by Crippen LogP contribution is 2.24. The lowest BCUT2D eigenvalue weighted by Crippen LogP contribution is -1.98. The number of nitrogens with one attached hydrogen (secondary N) is 1. The quantitative estimate of drug-likeness (QED) is 0.751. The highest BCUT2D eigenvalue weighted by molar-refractivity contribution is 5.89. The summed E-state index contributed by atoms with van der Waals surface area (Å²) in [7, 11) is 1.90. The average Bonchev–Trinajstić information content (AvgIpc) is 2.76. The van der Waals surface area contributed by atoms with Gasteiger partial charge in [-0.3, -0.25) is 0 Å². The van der Waals surface area contributed by atoms with Gasteiger partial charge in [-0.1, -0.05) is 12.1 Å². The molecule has 0 saturated heterocycles. The van der Waals surface area contributed by atoms with E-state index >= 15 is 0 Å². The van der Waals surface area contributed by atoms with Gasteiger partial charge in [0.2, 0.25) is 0 Å². The SMILES string of the molecule is Cn1ccc2c(Nc3ccccc3F)ncnc21. The minimum atomic E-state index is -0.305. The Kier molecular flexibility index (Phi) is 2.44. The first kappa shape index (κ1) is 10.7. The largest absolute Gasteiger partial charge is 0.337 e. The van der Waals surface area contributed by atoms with Gasteiger partial charge in [0, 0.05) is 13.2 Å². The molecule has 0 saturated carbocycles. The summed E-state index contributed by atoms with van der Waals surface area (Å²) in [4.78, 5) is 8.34. The molecular weight excluding hydrogens is 231 g/mol. The number of aryl methyl sites for hydroxylation is 1. The monoisotopic (exact) mass is 242 g/mol. The molecule has 0 radical (unpaired) electrons. The van der Waals surface area contributed by atoms with E-state index in [1.807, 2.05) is 23.9 Å². The lowest BCUT2D eigenvalue weighted by atomic mass is 10.3. The zero-order valence-corrected chi connectivity index (χ0v) is 9.76. The molecule has 0 fully saturated rings. The van der Waals surface area contributed by atoms with Crippen LogP contribution in [0.15, 0.2) is 42.9 Å². The van der Waals surface area contributed by atoms with E-state index in [0.717, 1.165) is 11.0 Å². The Labute approximate surface area is 103 Å². The Morgan fingerprint density at radius 2 is 2.00 bits per heavy atom. The molecule has 1 N–H and O–H groups in total. The molecule has 0 aliphatic carbocycles. The molecule has 3 aromatic rings. The summed E-state index contributed by atoms with van der Waals surface area (Å²) in [5.41, 5.74) is 1.21. The molecule has 90 valence electrons. The molecule has 0 aliphatic rings. The number of anilines is 2. The van der Waals surface area contributed by atoms with E-state index in [4.69, 9.17) is 0 Å². The van der Waals surface area contributed by atoms with Crippen molar-refractivity contribution in [3.8, 4) is 0 Å². The van der Waals surface area contributed by atoms with Crippen LogP contribution in [0, 0.1) is 5.82 Å². The van der Waals surface area contributed by atoms with Crippen LogP contribution in [0.2, 0.25) is 0 Å². The van der Waals surface area contributed by atoms with Crippen LogP contribution in [0.3, 0.4) is 0 Å². The summed E-state index contributed by atoms with van der Waals surface area (Å²) >= 11 is 0. The maximum atomic E-state index is 13.6. The minimum Gasteiger partial charge on any atom is -0.337 e. The first-order valence-electron chi connectivity index (χ1n) is 5.53. The van der Waals surface area contributed by atoms with Crippen LogP contribution in [0.5, 0.6) is 0 Å². The van der Waals surface area contributed by atoms with Gasteiger partial charge < -0.3 is 9.88 Å². The molecule has 3 rings (SSSR count). The molecule has 4 nitrogen and oxygen atoms in total. The molecule has 1 aromatic carbocycles. The first-order valence-corrected chi connectivity index (χ1v) is 5.53. The third-order valence-electron chi connectivity index (χ3n) is 2.79. The number of hydrogen-bond donors (Lipinski definition) is 1. The van der Waals surface area contributed by atoms with Gasteiger partial charge in [0.1, 0.15) is 23.6 Å². The van der Waals surface area contributed by atoms with Crippen molar-refractivity contribution in [3.05, 3.63) is 48.7 Å². The van der Waals surface area contributed by atoms with Crippen LogP contribution >= 0.6 is 0 Å². The highest BCUT2D eigenvalue weighted by Gasteiger charge is 2.08. The second-order valence-electron chi connectivity index (χ2n) is 3.99. The Morgan fingerprint density at radius 3 is 2.83 bits per heavy atom. The Hall–Kier alpha value is -2.43. The number of benzene rings is 1. The van der Waals surface area contributed by atoms with Gasteiger partial charge >= 0.3 is 0 Å². The summed E-state index contributed by atoms with van der Waals surface area (Å²) in [5.74, 6) is 0.297. The summed E-state index contributed by atoms with van der Waals surface area (Å²) in [6, 6.07) is 8.41. The van der Waals surface area contributed by atoms with Crippen LogP contribution in [-0.2, 0) is 7.05 Å². The maximum absolute atomic E-state index is 13.6. The second-order valence-corrected chi connectivity index (χ2v) is 3.99. The van der Waals surface area contributed by atoms with E-state index in [0.29, 0.717) is 11.5 Å². The van der Waals surface area contributed by atoms with Crippen LogP contribution in [0.1, 0.15) is 0 Å². The zero-order chi connectivity index (χ0) is 12.5. The molecule has 0 spiro atoms. The zero-order valence-electron chi connectivity index (χ0n) is 9.76. The fourth-order valence-electron chi connectivity index (χ4n) is 1.87. The number of nitrogens with zero attached hydrogens (tertiary/aromatic N) is 3. The summed E-state index contributed by atoms with van der Waals surface area (Å²) in [6.07, 6.45) is 3.36. The second kappa shape index (κ2) is 4.10. The average molecular weight is 242 g/mol. The molecule has 5 heteroatoms. The van der Waals surface area contributed by atoms with Gasteiger partial charge in [-0.05, 0) is 18.2 Å². The number of para-hydroxylation sites is 1. The molecule has 0 atom stereocenters. The molecule has 0 unspecified atom stereocenters. The molecule has 0 bridgehead atoms. The van der Waals surface area contributed by atoms with Crippen molar-refractivity contribution >= 4 is 22.5 Å². The molecule has 0 aliphatic heterocycles. The van der Waals surface area contributed by atoms with Gasteiger partial charge in [0.15, 0.2) is 0 Å². The van der Waals surface area contributed by atoms with Crippen LogP contribution in [0.4, 0.5) is 15.9 Å². The standard InChI is InChI=1S/C13H11FN4/c1-18-7-6-9-12(15-8-16-13(9)18)17-11-5-3-2-4-10(11)14/h2-8H,1H3,(H,15,16,17). The predicted octanol–water partition coefficient (Wildman–Crippen LogP) is 2.85. The molecule has 0 amide bonds. The number of fused-ring (bicyclic) bond motifs is 1. The van der Waals surface area contributed by atoms with Crippen molar-refractivity contribution in [2.75, 3.05) is 5.32 Å². The highest BCUT2D eigenvalue weighted by atomic mass is 19.1. The first-order chi connectivity index (χ1) is 8.75. The Bertz CT molecular complexity index is 705. The van der Waals surface area contributed by atoms with Gasteiger partial charge in [-0.2, -0.15) is 0 Å². The van der Waals surface area contributed by atoms with Crippen molar-refractivity contribution in [1.29, 1.82) is 0 Å². The Balaban J connectivity index is 2.08. The van der Waals surface area contributed by atoms with E-state index in [1.54, 1.807) is 18.2 Å². The van der Waals surface area contributed by atoms with Gasteiger partial charge in [0.05, 0.1) is 11.1 Å². The van der Waals surface area contributed by atoms with Crippen LogP contribution in [0.25, 0.3) is 11.0 Å². The third-order valence-corrected chi connectivity index (χ3v) is 2.79. The van der Waals surface area contributed by atoms with Crippen molar-refractivity contribution < 1.29 is 4.39 Å². The number of halogens is 1. The van der Waals surface area contributed by atoms with E-state index < -0.39 is 0 Å². The van der Waals surface area contributed by atoms with Gasteiger partial charge in [-0.15, -0.1) is 0 Å². The van der Waals surface area contributed by atoms with Gasteiger partial charge in [0.25, 0.3) is 0 Å². The normalized spacial score (nSPS) is 10.8. The van der Waals surface area contributed by atoms with E-state index in [-0.39, 0.29) is 5.82 Å². The predicted molar refractivity (Wildman–Crippen MR) is 68.2 cm³/mol. The third kappa shape index (κ3) is 1.69. The summed E-state index contributed by atoms with van der Waals surface area (Å²) in [5, 5.41) is 3.85. The maximum Gasteiger partial charge on any atom is 0.146 e. The lowest BCUT2D eigenvalue weighted by Gasteiger charge is -2.07. The van der Waals surface area contributed by atoms with E-state index in [2.05, 4.69) is 15.3 Å². The smallest absolute Gasteiger partial charge is 0.146 e. The molecule has 2 aromatic heterocycles. The van der Waals surface area contributed by atoms with Crippen molar-refractivity contribution in [2.24, 2.45) is 7.05 Å². The molecular formula is C13H11FN4. The number of hydrogen-bond acceptors (Lipinski definition) is 3. The topological polar surface area (TPSA) is 42.7 Å². The fourth-order valence-corrected chi connectivity index (χ4v) is 1.87. The summed E-state index contributed by atoms with van der Waals surface area (Å²) in [6.45, 7) is 0. The fraction of sp³-hybridized carbons (Fsp3) is 0.0769. The minimum absolute atomic E-state index is 0.305. The van der Waals surface area contributed by atoms with Crippen molar-refractivity contribution in [1.82, 2.24) is 14.5 Å².